The lowest BCUT2D eigenvalue weighted by atomic mass is 10.1. The van der Waals surface area contributed by atoms with Gasteiger partial charge in [0.15, 0.2) is 0 Å². The fourth-order valence-electron chi connectivity index (χ4n) is 2.48. The summed E-state index contributed by atoms with van der Waals surface area (Å²) in [6, 6.07) is -0.468. The number of likely N-dealkylation sites (N-methyl/N-ethyl adjacent to an activating group) is 1. The zero-order chi connectivity index (χ0) is 14.7. The number of amides is 2. The summed E-state index contributed by atoms with van der Waals surface area (Å²) in [5.41, 5.74) is 1.97. The highest BCUT2D eigenvalue weighted by Crippen LogP contribution is 2.16. The van der Waals surface area contributed by atoms with Gasteiger partial charge in [0.25, 0.3) is 5.91 Å². The minimum Gasteiger partial charge on any atom is -0.355 e. The summed E-state index contributed by atoms with van der Waals surface area (Å²) in [5, 5.41) is 12.8. The summed E-state index contributed by atoms with van der Waals surface area (Å²) in [5.74, 6) is -0.252. The first-order valence-corrected chi connectivity index (χ1v) is 6.87. The average molecular weight is 279 g/mol. The largest absolute Gasteiger partial charge is 0.355 e. The van der Waals surface area contributed by atoms with Crippen LogP contribution in [-0.4, -0.2) is 59.1 Å². The van der Waals surface area contributed by atoms with Gasteiger partial charge in [0.1, 0.15) is 6.04 Å². The number of aromatic nitrogens is 2. The normalized spacial score (nSPS) is 18.9. The van der Waals surface area contributed by atoms with Crippen LogP contribution < -0.4 is 10.6 Å². The van der Waals surface area contributed by atoms with Crippen LogP contribution in [0.2, 0.25) is 0 Å². The maximum Gasteiger partial charge on any atom is 0.258 e. The summed E-state index contributed by atoms with van der Waals surface area (Å²) < 4.78 is 0. The topological polar surface area (TPSA) is 90.1 Å². The smallest absolute Gasteiger partial charge is 0.258 e. The lowest BCUT2D eigenvalue weighted by Crippen LogP contribution is -2.59. The first-order valence-electron chi connectivity index (χ1n) is 6.87. The van der Waals surface area contributed by atoms with Crippen molar-refractivity contribution in [2.24, 2.45) is 0 Å². The number of piperazine rings is 1. The zero-order valence-corrected chi connectivity index (χ0v) is 12.1. The SMILES string of the molecule is CCNC(=O)C1CNCCN1C(=O)c1c(C)n[nH]c1C. The molecule has 0 radical (unpaired) electrons. The Labute approximate surface area is 118 Å². The van der Waals surface area contributed by atoms with Crippen LogP contribution >= 0.6 is 0 Å². The third kappa shape index (κ3) is 2.67. The van der Waals surface area contributed by atoms with E-state index in [-0.39, 0.29) is 11.8 Å². The molecule has 1 aliphatic rings. The highest BCUT2D eigenvalue weighted by Gasteiger charge is 2.34. The Hall–Kier alpha value is -1.89. The molecule has 1 unspecified atom stereocenters. The number of hydrogen-bond acceptors (Lipinski definition) is 4. The zero-order valence-electron chi connectivity index (χ0n) is 12.1. The number of carbonyl (C=O) groups is 2. The van der Waals surface area contributed by atoms with Crippen molar-refractivity contribution in [1.82, 2.24) is 25.7 Å². The summed E-state index contributed by atoms with van der Waals surface area (Å²) >= 11 is 0. The van der Waals surface area contributed by atoms with Crippen LogP contribution in [0.1, 0.15) is 28.7 Å². The van der Waals surface area contributed by atoms with Crippen LogP contribution in [0, 0.1) is 13.8 Å². The van der Waals surface area contributed by atoms with E-state index in [0.717, 1.165) is 5.69 Å². The summed E-state index contributed by atoms with van der Waals surface area (Å²) in [4.78, 5) is 26.4. The molecule has 0 bridgehead atoms. The van der Waals surface area contributed by atoms with Gasteiger partial charge in [-0.3, -0.25) is 14.7 Å². The Morgan fingerprint density at radius 1 is 1.45 bits per heavy atom. The van der Waals surface area contributed by atoms with Crippen LogP contribution in [0.25, 0.3) is 0 Å². The average Bonchev–Trinajstić information content (AvgIpc) is 2.78. The number of carbonyl (C=O) groups excluding carboxylic acids is 2. The van der Waals surface area contributed by atoms with E-state index in [1.807, 2.05) is 13.8 Å². The molecule has 1 aliphatic heterocycles. The maximum absolute atomic E-state index is 12.7. The lowest BCUT2D eigenvalue weighted by Gasteiger charge is -2.35. The van der Waals surface area contributed by atoms with Crippen LogP contribution in [0.3, 0.4) is 0 Å². The number of nitrogens with zero attached hydrogens (tertiary/aromatic N) is 2. The van der Waals surface area contributed by atoms with Gasteiger partial charge in [-0.25, -0.2) is 0 Å². The molecule has 2 heterocycles. The van der Waals surface area contributed by atoms with Crippen molar-refractivity contribution >= 4 is 11.8 Å². The monoisotopic (exact) mass is 279 g/mol. The predicted octanol–water partition coefficient (Wildman–Crippen LogP) is -0.423. The van der Waals surface area contributed by atoms with Crippen molar-refractivity contribution < 1.29 is 9.59 Å². The molecule has 0 spiro atoms. The van der Waals surface area contributed by atoms with E-state index in [0.29, 0.717) is 37.4 Å². The maximum atomic E-state index is 12.7. The molecule has 7 nitrogen and oxygen atoms in total. The van der Waals surface area contributed by atoms with Crippen LogP contribution in [-0.2, 0) is 4.79 Å². The number of rotatable bonds is 3. The van der Waals surface area contributed by atoms with E-state index in [1.54, 1.807) is 11.8 Å². The number of aryl methyl sites for hydroxylation is 2. The van der Waals surface area contributed by atoms with Gasteiger partial charge in [-0.1, -0.05) is 0 Å². The molecule has 2 rings (SSSR count). The van der Waals surface area contributed by atoms with Crippen LogP contribution in [0.15, 0.2) is 0 Å². The van der Waals surface area contributed by atoms with Crippen molar-refractivity contribution in [1.29, 1.82) is 0 Å². The third-order valence-corrected chi connectivity index (χ3v) is 3.50. The van der Waals surface area contributed by atoms with Crippen molar-refractivity contribution in [3.8, 4) is 0 Å². The molecule has 1 fully saturated rings. The van der Waals surface area contributed by atoms with Crippen molar-refractivity contribution in [3.05, 3.63) is 17.0 Å². The van der Waals surface area contributed by atoms with Crippen LogP contribution in [0.5, 0.6) is 0 Å². The van der Waals surface area contributed by atoms with Crippen molar-refractivity contribution in [3.63, 3.8) is 0 Å². The molecule has 1 aromatic rings. The molecule has 2 amide bonds. The molecule has 1 atom stereocenters. The minimum absolute atomic E-state index is 0.119. The van der Waals surface area contributed by atoms with Gasteiger partial charge < -0.3 is 15.5 Å². The first kappa shape index (κ1) is 14.5. The van der Waals surface area contributed by atoms with Crippen molar-refractivity contribution in [2.45, 2.75) is 26.8 Å². The molecular weight excluding hydrogens is 258 g/mol. The Kier molecular flexibility index (Phi) is 4.39. The highest BCUT2D eigenvalue weighted by atomic mass is 16.2. The molecular formula is C13H21N5O2. The standard InChI is InChI=1S/C13H21N5O2/c1-4-15-12(19)10-7-14-5-6-18(10)13(20)11-8(2)16-17-9(11)3/h10,14H,4-7H2,1-3H3,(H,15,19)(H,16,17). The second-order valence-corrected chi connectivity index (χ2v) is 4.92. The molecule has 1 saturated heterocycles. The van der Waals surface area contributed by atoms with Gasteiger partial charge in [-0.2, -0.15) is 5.10 Å². The van der Waals surface area contributed by atoms with Gasteiger partial charge >= 0.3 is 0 Å². The van der Waals surface area contributed by atoms with E-state index < -0.39 is 6.04 Å². The van der Waals surface area contributed by atoms with E-state index in [9.17, 15) is 9.59 Å². The van der Waals surface area contributed by atoms with E-state index >= 15 is 0 Å². The minimum atomic E-state index is -0.468. The lowest BCUT2D eigenvalue weighted by molar-refractivity contribution is -0.126. The fraction of sp³-hybridized carbons (Fsp3) is 0.615. The van der Waals surface area contributed by atoms with Crippen LogP contribution in [0.4, 0.5) is 0 Å². The molecule has 20 heavy (non-hydrogen) atoms. The molecule has 110 valence electrons. The number of H-pyrrole nitrogens is 1. The number of nitrogens with one attached hydrogen (secondary N) is 3. The second-order valence-electron chi connectivity index (χ2n) is 4.92. The number of aromatic amines is 1. The molecule has 0 aromatic carbocycles. The van der Waals surface area contributed by atoms with Gasteiger partial charge in [-0.05, 0) is 20.8 Å². The Morgan fingerprint density at radius 3 is 2.80 bits per heavy atom. The van der Waals surface area contributed by atoms with E-state index in [2.05, 4.69) is 20.8 Å². The number of hydrogen-bond donors (Lipinski definition) is 3. The molecule has 7 heteroatoms. The molecule has 3 N–H and O–H groups in total. The van der Waals surface area contributed by atoms with E-state index in [4.69, 9.17) is 0 Å². The van der Waals surface area contributed by atoms with E-state index in [1.165, 1.54) is 0 Å². The third-order valence-electron chi connectivity index (χ3n) is 3.50. The fourth-order valence-corrected chi connectivity index (χ4v) is 2.48. The Balaban J connectivity index is 2.24. The Bertz CT molecular complexity index is 491. The second kappa shape index (κ2) is 6.04. The Morgan fingerprint density at radius 2 is 2.20 bits per heavy atom. The quantitative estimate of drug-likeness (QED) is 0.701. The predicted molar refractivity (Wildman–Crippen MR) is 74.4 cm³/mol. The molecule has 0 saturated carbocycles. The summed E-state index contributed by atoms with van der Waals surface area (Å²) in [6.07, 6.45) is 0. The first-order chi connectivity index (χ1) is 9.56. The summed E-state index contributed by atoms with van der Waals surface area (Å²) in [7, 11) is 0. The summed E-state index contributed by atoms with van der Waals surface area (Å²) in [6.45, 7) is 7.72. The highest BCUT2D eigenvalue weighted by molar-refractivity contribution is 5.99. The molecule has 0 aliphatic carbocycles. The van der Waals surface area contributed by atoms with Gasteiger partial charge in [0.05, 0.1) is 11.3 Å². The van der Waals surface area contributed by atoms with Gasteiger partial charge in [0, 0.05) is 31.9 Å². The van der Waals surface area contributed by atoms with Gasteiger partial charge in [0.2, 0.25) is 5.91 Å². The van der Waals surface area contributed by atoms with Crippen molar-refractivity contribution in [2.75, 3.05) is 26.2 Å². The van der Waals surface area contributed by atoms with Gasteiger partial charge in [-0.15, -0.1) is 0 Å². The molecule has 1 aromatic heterocycles.